The molecule has 0 saturated carbocycles. The minimum absolute atomic E-state index is 0.623. The van der Waals surface area contributed by atoms with Gasteiger partial charge in [-0.15, -0.1) is 0 Å². The van der Waals surface area contributed by atoms with Crippen molar-refractivity contribution < 1.29 is 4.79 Å². The molecular formula is C15H24N2O. The average Bonchev–Trinajstić information content (AvgIpc) is 2.39. The quantitative estimate of drug-likeness (QED) is 0.396. The lowest BCUT2D eigenvalue weighted by molar-refractivity contribution is 0.112. The van der Waals surface area contributed by atoms with Crippen LogP contribution in [0.2, 0.25) is 0 Å². The van der Waals surface area contributed by atoms with Gasteiger partial charge in [0.15, 0.2) is 0 Å². The molecule has 0 aromatic heterocycles. The van der Waals surface area contributed by atoms with Gasteiger partial charge in [0.05, 0.1) is 11.4 Å². The monoisotopic (exact) mass is 248 g/mol. The summed E-state index contributed by atoms with van der Waals surface area (Å²) in [7, 11) is 0. The molecule has 0 aliphatic heterocycles. The first-order valence-electron chi connectivity index (χ1n) is 6.86. The van der Waals surface area contributed by atoms with Gasteiger partial charge in [0.25, 0.3) is 0 Å². The Morgan fingerprint density at radius 3 is 2.56 bits per heavy atom. The van der Waals surface area contributed by atoms with Crippen molar-refractivity contribution in [1.82, 2.24) is 0 Å². The molecule has 0 radical (unpaired) electrons. The molecule has 0 bridgehead atoms. The molecule has 1 aromatic rings. The van der Waals surface area contributed by atoms with Crippen molar-refractivity contribution in [2.75, 3.05) is 17.6 Å². The van der Waals surface area contributed by atoms with Crippen LogP contribution in [0.1, 0.15) is 55.8 Å². The van der Waals surface area contributed by atoms with Gasteiger partial charge in [-0.1, -0.05) is 39.0 Å². The van der Waals surface area contributed by atoms with E-state index in [4.69, 9.17) is 5.73 Å². The van der Waals surface area contributed by atoms with Gasteiger partial charge in [0.2, 0.25) is 0 Å². The molecule has 0 unspecified atom stereocenters. The summed E-state index contributed by atoms with van der Waals surface area (Å²) in [5.74, 6) is 0. The number of unbranched alkanes of at least 4 members (excludes halogenated alkanes) is 5. The van der Waals surface area contributed by atoms with E-state index in [2.05, 4.69) is 12.2 Å². The van der Waals surface area contributed by atoms with E-state index in [0.717, 1.165) is 18.5 Å². The Morgan fingerprint density at radius 1 is 1.17 bits per heavy atom. The lowest BCUT2D eigenvalue weighted by Gasteiger charge is -2.09. The van der Waals surface area contributed by atoms with E-state index < -0.39 is 0 Å². The molecule has 0 spiro atoms. The van der Waals surface area contributed by atoms with Crippen molar-refractivity contribution in [2.45, 2.75) is 45.4 Å². The van der Waals surface area contributed by atoms with Gasteiger partial charge < -0.3 is 11.1 Å². The van der Waals surface area contributed by atoms with Crippen LogP contribution in [0.25, 0.3) is 0 Å². The maximum atomic E-state index is 10.6. The molecule has 18 heavy (non-hydrogen) atoms. The van der Waals surface area contributed by atoms with Crippen molar-refractivity contribution in [2.24, 2.45) is 0 Å². The number of hydrogen-bond acceptors (Lipinski definition) is 3. The van der Waals surface area contributed by atoms with Crippen molar-refractivity contribution in [3.8, 4) is 0 Å². The molecule has 100 valence electrons. The van der Waals surface area contributed by atoms with Gasteiger partial charge in [-0.25, -0.2) is 0 Å². The molecular weight excluding hydrogens is 224 g/mol. The minimum atomic E-state index is 0.623. The number of rotatable bonds is 9. The molecule has 0 heterocycles. The highest BCUT2D eigenvalue weighted by Gasteiger charge is 1.99. The lowest BCUT2D eigenvalue weighted by Crippen LogP contribution is -2.04. The largest absolute Gasteiger partial charge is 0.397 e. The maximum absolute atomic E-state index is 10.6. The predicted octanol–water partition coefficient (Wildman–Crippen LogP) is 3.85. The molecule has 0 aliphatic carbocycles. The van der Waals surface area contributed by atoms with Gasteiger partial charge in [-0.3, -0.25) is 4.79 Å². The summed E-state index contributed by atoms with van der Waals surface area (Å²) >= 11 is 0. The van der Waals surface area contributed by atoms with E-state index >= 15 is 0 Å². The van der Waals surface area contributed by atoms with Gasteiger partial charge in [0.1, 0.15) is 6.29 Å². The Bertz CT molecular complexity index is 364. The summed E-state index contributed by atoms with van der Waals surface area (Å²) in [5.41, 5.74) is 8.05. The summed E-state index contributed by atoms with van der Waals surface area (Å²) in [6, 6.07) is 5.36. The fourth-order valence-corrected chi connectivity index (χ4v) is 1.94. The number of carbonyl (C=O) groups excluding carboxylic acids is 1. The van der Waals surface area contributed by atoms with Gasteiger partial charge in [0, 0.05) is 12.1 Å². The van der Waals surface area contributed by atoms with E-state index in [1.807, 2.05) is 6.07 Å². The topological polar surface area (TPSA) is 55.1 Å². The van der Waals surface area contributed by atoms with Crippen molar-refractivity contribution >= 4 is 17.7 Å². The maximum Gasteiger partial charge on any atom is 0.150 e. The number of benzene rings is 1. The molecule has 3 nitrogen and oxygen atoms in total. The number of aldehydes is 1. The zero-order valence-electron chi connectivity index (χ0n) is 11.2. The summed E-state index contributed by atoms with van der Waals surface area (Å²) < 4.78 is 0. The number of anilines is 2. The smallest absolute Gasteiger partial charge is 0.150 e. The van der Waals surface area contributed by atoms with Gasteiger partial charge in [-0.2, -0.15) is 0 Å². The normalized spacial score (nSPS) is 10.3. The Hall–Kier alpha value is -1.51. The van der Waals surface area contributed by atoms with Crippen LogP contribution >= 0.6 is 0 Å². The fourth-order valence-electron chi connectivity index (χ4n) is 1.94. The van der Waals surface area contributed by atoms with Crippen molar-refractivity contribution in [3.63, 3.8) is 0 Å². The van der Waals surface area contributed by atoms with Crippen LogP contribution in [0, 0.1) is 0 Å². The number of nitrogens with two attached hydrogens (primary N) is 1. The van der Waals surface area contributed by atoms with E-state index in [-0.39, 0.29) is 0 Å². The Morgan fingerprint density at radius 2 is 1.89 bits per heavy atom. The van der Waals surface area contributed by atoms with Gasteiger partial charge >= 0.3 is 0 Å². The first-order chi connectivity index (χ1) is 8.77. The molecule has 0 atom stereocenters. The van der Waals surface area contributed by atoms with Crippen LogP contribution in [0.4, 0.5) is 11.4 Å². The van der Waals surface area contributed by atoms with Crippen molar-refractivity contribution in [1.29, 1.82) is 0 Å². The van der Waals surface area contributed by atoms with Gasteiger partial charge in [-0.05, 0) is 24.6 Å². The number of nitrogens with one attached hydrogen (secondary N) is 1. The predicted molar refractivity (Wildman–Crippen MR) is 78.1 cm³/mol. The average molecular weight is 248 g/mol. The molecule has 0 saturated heterocycles. The highest BCUT2D eigenvalue weighted by molar-refractivity contribution is 5.80. The molecule has 3 N–H and O–H groups in total. The first-order valence-corrected chi connectivity index (χ1v) is 6.86. The first kappa shape index (κ1) is 14.6. The second-order valence-electron chi connectivity index (χ2n) is 4.66. The van der Waals surface area contributed by atoms with Crippen LogP contribution < -0.4 is 11.1 Å². The van der Waals surface area contributed by atoms with Crippen LogP contribution in [0.15, 0.2) is 18.2 Å². The van der Waals surface area contributed by atoms with E-state index in [9.17, 15) is 4.79 Å². The Balaban J connectivity index is 2.21. The number of hydrogen-bond donors (Lipinski definition) is 2. The fraction of sp³-hybridized carbons (Fsp3) is 0.533. The summed E-state index contributed by atoms with van der Waals surface area (Å²) in [6.45, 7) is 3.17. The summed E-state index contributed by atoms with van der Waals surface area (Å²) in [6.07, 6.45) is 8.53. The minimum Gasteiger partial charge on any atom is -0.397 e. The van der Waals surface area contributed by atoms with Crippen LogP contribution in [-0.4, -0.2) is 12.8 Å². The second-order valence-corrected chi connectivity index (χ2v) is 4.66. The highest BCUT2D eigenvalue weighted by Crippen LogP contribution is 2.19. The summed E-state index contributed by atoms with van der Waals surface area (Å²) in [4.78, 5) is 10.6. The third-order valence-electron chi connectivity index (χ3n) is 3.06. The molecule has 0 fully saturated rings. The van der Waals surface area contributed by atoms with E-state index in [1.54, 1.807) is 12.1 Å². The number of nitrogen functional groups attached to an aromatic ring is 1. The van der Waals surface area contributed by atoms with E-state index in [0.29, 0.717) is 11.3 Å². The molecule has 1 aromatic carbocycles. The van der Waals surface area contributed by atoms with Crippen LogP contribution in [-0.2, 0) is 0 Å². The molecule has 0 amide bonds. The SMILES string of the molecule is CCCCCCCCNc1ccc(C=O)cc1N. The lowest BCUT2D eigenvalue weighted by atomic mass is 10.1. The molecule has 1 rings (SSSR count). The van der Waals surface area contributed by atoms with E-state index in [1.165, 1.54) is 38.5 Å². The summed E-state index contributed by atoms with van der Waals surface area (Å²) in [5, 5.41) is 3.31. The zero-order chi connectivity index (χ0) is 13.2. The standard InChI is InChI=1S/C15H24N2O/c1-2-3-4-5-6-7-10-17-15-9-8-13(12-18)11-14(15)16/h8-9,11-12,17H,2-7,10,16H2,1H3. The second kappa shape index (κ2) is 8.56. The third-order valence-corrected chi connectivity index (χ3v) is 3.06. The Labute approximate surface area is 110 Å². The molecule has 3 heteroatoms. The Kier molecular flexibility index (Phi) is 6.92. The highest BCUT2D eigenvalue weighted by atomic mass is 16.1. The zero-order valence-corrected chi connectivity index (χ0v) is 11.2. The number of carbonyl (C=O) groups is 1. The van der Waals surface area contributed by atoms with Crippen molar-refractivity contribution in [3.05, 3.63) is 23.8 Å². The third kappa shape index (κ3) is 5.21. The molecule has 0 aliphatic rings. The van der Waals surface area contributed by atoms with Crippen LogP contribution in [0.5, 0.6) is 0 Å². The van der Waals surface area contributed by atoms with Crippen LogP contribution in [0.3, 0.4) is 0 Å².